The number of aliphatic hydroxyl groups is 1. The van der Waals surface area contributed by atoms with Crippen molar-refractivity contribution < 1.29 is 33.6 Å². The number of rotatable bonds is 23. The van der Waals surface area contributed by atoms with Crippen molar-refractivity contribution in [2.24, 2.45) is 29.4 Å². The van der Waals surface area contributed by atoms with Crippen molar-refractivity contribution in [1.29, 1.82) is 0 Å². The summed E-state index contributed by atoms with van der Waals surface area (Å²) in [5, 5.41) is 16.9. The minimum Gasteiger partial charge on any atom is -0.490 e. The fourth-order valence-electron chi connectivity index (χ4n) is 5.65. The van der Waals surface area contributed by atoms with Crippen LogP contribution < -0.4 is 25.8 Å². The molecule has 0 bridgehead atoms. The van der Waals surface area contributed by atoms with Gasteiger partial charge >= 0.3 is 0 Å². The van der Waals surface area contributed by atoms with Gasteiger partial charge in [-0.05, 0) is 61.1 Å². The smallest absolute Gasteiger partial charge is 0.223 e. The molecule has 0 aliphatic carbocycles. The molecule has 4 atom stereocenters. The van der Waals surface area contributed by atoms with Crippen LogP contribution in [-0.4, -0.2) is 107 Å². The van der Waals surface area contributed by atoms with E-state index in [1.165, 1.54) is 0 Å². The van der Waals surface area contributed by atoms with Gasteiger partial charge in [0.1, 0.15) is 0 Å². The van der Waals surface area contributed by atoms with Gasteiger partial charge in [0, 0.05) is 71.7 Å². The van der Waals surface area contributed by atoms with Crippen molar-refractivity contribution in [3.63, 3.8) is 0 Å². The Labute approximate surface area is 277 Å². The van der Waals surface area contributed by atoms with Crippen molar-refractivity contribution in [3.05, 3.63) is 23.8 Å². The van der Waals surface area contributed by atoms with Crippen molar-refractivity contribution in [2.45, 2.75) is 78.4 Å². The summed E-state index contributed by atoms with van der Waals surface area (Å²) in [5.41, 5.74) is 7.71. The van der Waals surface area contributed by atoms with E-state index in [0.29, 0.717) is 69.5 Å². The molecule has 2 rings (SSSR count). The molecular formula is C35H62N4O7. The number of morpholine rings is 1. The molecule has 264 valence electrons. The summed E-state index contributed by atoms with van der Waals surface area (Å²) in [4.78, 5) is 27.0. The molecule has 5 N–H and O–H groups in total. The minimum atomic E-state index is -0.788. The van der Waals surface area contributed by atoms with Crippen molar-refractivity contribution in [3.8, 4) is 11.5 Å². The minimum absolute atomic E-state index is 0.0134. The number of nitrogens with one attached hydrogen (secondary N) is 2. The molecule has 1 aliphatic heterocycles. The number of nitrogens with two attached hydrogens (primary N) is 1. The first kappa shape index (κ1) is 39.7. The number of methoxy groups -OCH3 is 1. The van der Waals surface area contributed by atoms with E-state index >= 15 is 0 Å². The Morgan fingerprint density at radius 3 is 2.35 bits per heavy atom. The maximum absolute atomic E-state index is 13.1. The number of benzene rings is 1. The van der Waals surface area contributed by atoms with Gasteiger partial charge in [0.2, 0.25) is 11.8 Å². The van der Waals surface area contributed by atoms with E-state index in [1.54, 1.807) is 14.2 Å². The number of nitrogens with zero attached hydrogens (tertiary/aromatic N) is 1. The van der Waals surface area contributed by atoms with E-state index in [0.717, 1.165) is 51.3 Å². The molecule has 1 aromatic carbocycles. The maximum atomic E-state index is 13.1. The molecule has 0 saturated carbocycles. The van der Waals surface area contributed by atoms with Crippen LogP contribution in [0.15, 0.2) is 18.2 Å². The van der Waals surface area contributed by atoms with Gasteiger partial charge in [-0.25, -0.2) is 0 Å². The van der Waals surface area contributed by atoms with Gasteiger partial charge in [-0.1, -0.05) is 33.8 Å². The first-order valence-electron chi connectivity index (χ1n) is 17.1. The van der Waals surface area contributed by atoms with E-state index in [9.17, 15) is 14.7 Å². The number of amides is 2. The maximum Gasteiger partial charge on any atom is 0.223 e. The summed E-state index contributed by atoms with van der Waals surface area (Å²) >= 11 is 0. The quantitative estimate of drug-likeness (QED) is 0.131. The highest BCUT2D eigenvalue weighted by Crippen LogP contribution is 2.32. The summed E-state index contributed by atoms with van der Waals surface area (Å²) in [7, 11) is 3.29. The number of aliphatic hydroxyl groups excluding tert-OH is 1. The average Bonchev–Trinajstić information content (AvgIpc) is 3.04. The van der Waals surface area contributed by atoms with Crippen LogP contribution in [0.5, 0.6) is 11.5 Å². The molecule has 1 aromatic rings. The molecule has 2 amide bonds. The Kier molecular flexibility index (Phi) is 19.2. The molecular weight excluding hydrogens is 588 g/mol. The van der Waals surface area contributed by atoms with Crippen LogP contribution in [0.2, 0.25) is 0 Å². The summed E-state index contributed by atoms with van der Waals surface area (Å²) in [5.74, 6) is 1.58. The van der Waals surface area contributed by atoms with Gasteiger partial charge in [0.15, 0.2) is 11.5 Å². The third-order valence-electron chi connectivity index (χ3n) is 8.82. The van der Waals surface area contributed by atoms with Crippen LogP contribution in [0.25, 0.3) is 0 Å². The van der Waals surface area contributed by atoms with Gasteiger partial charge < -0.3 is 40.4 Å². The zero-order chi connectivity index (χ0) is 33.9. The van der Waals surface area contributed by atoms with Gasteiger partial charge in [-0.15, -0.1) is 0 Å². The molecule has 0 spiro atoms. The molecule has 0 radical (unpaired) electrons. The second kappa shape index (κ2) is 22.2. The molecule has 1 heterocycles. The highest BCUT2D eigenvalue weighted by molar-refractivity contribution is 5.79. The molecule has 11 nitrogen and oxygen atoms in total. The molecule has 11 heteroatoms. The normalized spacial score (nSPS) is 16.6. The van der Waals surface area contributed by atoms with Crippen LogP contribution in [0.4, 0.5) is 0 Å². The second-order valence-corrected chi connectivity index (χ2v) is 13.1. The number of ether oxygens (including phenoxy) is 4. The van der Waals surface area contributed by atoms with E-state index < -0.39 is 12.1 Å². The lowest BCUT2D eigenvalue weighted by molar-refractivity contribution is -0.127. The summed E-state index contributed by atoms with van der Waals surface area (Å²) in [6, 6.07) is 5.54. The van der Waals surface area contributed by atoms with Crippen LogP contribution in [0.1, 0.15) is 65.4 Å². The fourth-order valence-corrected chi connectivity index (χ4v) is 5.65. The van der Waals surface area contributed by atoms with Gasteiger partial charge in [-0.3, -0.25) is 14.5 Å². The largest absolute Gasteiger partial charge is 0.490 e. The topological polar surface area (TPSA) is 145 Å². The number of hydrogen-bond acceptors (Lipinski definition) is 9. The molecule has 1 fully saturated rings. The van der Waals surface area contributed by atoms with E-state index in [2.05, 4.69) is 29.4 Å². The highest BCUT2D eigenvalue weighted by Gasteiger charge is 2.30. The van der Waals surface area contributed by atoms with E-state index in [4.69, 9.17) is 24.7 Å². The number of carbonyl (C=O) groups is 2. The Morgan fingerprint density at radius 2 is 1.70 bits per heavy atom. The predicted octanol–water partition coefficient (Wildman–Crippen LogP) is 3.01. The molecule has 0 aromatic heterocycles. The first-order valence-corrected chi connectivity index (χ1v) is 17.1. The molecule has 0 unspecified atom stereocenters. The predicted molar refractivity (Wildman–Crippen MR) is 181 cm³/mol. The van der Waals surface area contributed by atoms with Crippen molar-refractivity contribution >= 4 is 11.8 Å². The van der Waals surface area contributed by atoms with Gasteiger partial charge in [0.05, 0.1) is 32.5 Å². The summed E-state index contributed by atoms with van der Waals surface area (Å²) in [6.45, 7) is 14.5. The molecule has 1 saturated heterocycles. The fraction of sp³-hybridized carbons (Fsp3) is 0.771. The van der Waals surface area contributed by atoms with E-state index in [-0.39, 0.29) is 29.6 Å². The lowest BCUT2D eigenvalue weighted by atomic mass is 9.81. The SMILES string of the molecule is CNC(=O)CCCOc1ccc(C[C@@H](C[C@H](N)[C@@H](O)C[C@H](C(=O)NCCN2CCOCC2)C(C)C)C(C)C)cc1OCCCOC. The standard InChI is InChI=1S/C35H62N4O7/c1-25(2)28(21-27-10-11-32(45-17-7-9-34(41)37-5)33(22-27)46-18-8-16-43-6)23-30(36)31(40)24-29(26(3)4)35(42)38-12-13-39-14-19-44-20-15-39/h10-11,22,25-26,28-31,40H,7-9,12-21,23-24,36H2,1-6H3,(H,37,41)(H,38,42)/t28-,29-,30-,31-/m0/s1. The Morgan fingerprint density at radius 1 is 1.00 bits per heavy atom. The zero-order valence-electron chi connectivity index (χ0n) is 29.2. The average molecular weight is 651 g/mol. The Hall–Kier alpha value is -2.44. The summed E-state index contributed by atoms with van der Waals surface area (Å²) in [6.07, 6.45) is 2.69. The molecule has 1 aliphatic rings. The number of hydrogen-bond donors (Lipinski definition) is 4. The Balaban J connectivity index is 2.00. The lowest BCUT2D eigenvalue weighted by Crippen LogP contribution is -2.45. The van der Waals surface area contributed by atoms with Crippen LogP contribution in [0.3, 0.4) is 0 Å². The van der Waals surface area contributed by atoms with Crippen LogP contribution in [0, 0.1) is 23.7 Å². The summed E-state index contributed by atoms with van der Waals surface area (Å²) < 4.78 is 22.7. The van der Waals surface area contributed by atoms with Gasteiger partial charge in [-0.2, -0.15) is 0 Å². The number of carbonyl (C=O) groups excluding carboxylic acids is 2. The zero-order valence-corrected chi connectivity index (χ0v) is 29.2. The molecule has 46 heavy (non-hydrogen) atoms. The van der Waals surface area contributed by atoms with Crippen LogP contribution >= 0.6 is 0 Å². The third-order valence-corrected chi connectivity index (χ3v) is 8.82. The Bertz CT molecular complexity index is 1000. The monoisotopic (exact) mass is 650 g/mol. The van der Waals surface area contributed by atoms with Crippen LogP contribution in [-0.2, 0) is 25.5 Å². The van der Waals surface area contributed by atoms with Crippen molar-refractivity contribution in [1.82, 2.24) is 15.5 Å². The van der Waals surface area contributed by atoms with E-state index in [1.807, 2.05) is 32.0 Å². The highest BCUT2D eigenvalue weighted by atomic mass is 16.5. The first-order chi connectivity index (χ1) is 22.0. The van der Waals surface area contributed by atoms with Crippen molar-refractivity contribution in [2.75, 3.05) is 73.4 Å². The lowest BCUT2D eigenvalue weighted by Gasteiger charge is -2.30. The van der Waals surface area contributed by atoms with Gasteiger partial charge in [0.25, 0.3) is 0 Å². The second-order valence-electron chi connectivity index (χ2n) is 13.1. The third kappa shape index (κ3) is 15.0.